The minimum atomic E-state index is -0.385. The molecule has 76 valence electrons. The average molecular weight is 257 g/mol. The number of halogens is 1. The summed E-state index contributed by atoms with van der Waals surface area (Å²) < 4.78 is 6.62. The van der Waals surface area contributed by atoms with Gasteiger partial charge in [0.25, 0.3) is 0 Å². The Kier molecular flexibility index (Phi) is 2.79. The van der Waals surface area contributed by atoms with Crippen LogP contribution in [0.1, 0.15) is 30.1 Å². The lowest BCUT2D eigenvalue weighted by atomic mass is 10.0. The third-order valence-corrected chi connectivity index (χ3v) is 2.95. The van der Waals surface area contributed by atoms with Crippen molar-refractivity contribution < 1.29 is 9.84 Å². The van der Waals surface area contributed by atoms with E-state index in [0.717, 1.165) is 34.2 Å². The molecular formula is C11H13BrO2. The highest BCUT2D eigenvalue weighted by atomic mass is 79.9. The van der Waals surface area contributed by atoms with Gasteiger partial charge in [-0.3, -0.25) is 0 Å². The van der Waals surface area contributed by atoms with Crippen LogP contribution in [0.25, 0.3) is 0 Å². The first-order valence-corrected chi connectivity index (χ1v) is 5.58. The van der Waals surface area contributed by atoms with E-state index in [4.69, 9.17) is 4.74 Å². The van der Waals surface area contributed by atoms with Crippen LogP contribution < -0.4 is 4.74 Å². The Morgan fingerprint density at radius 3 is 3.07 bits per heavy atom. The van der Waals surface area contributed by atoms with E-state index in [-0.39, 0.29) is 6.10 Å². The van der Waals surface area contributed by atoms with Gasteiger partial charge in [0.15, 0.2) is 0 Å². The van der Waals surface area contributed by atoms with Crippen molar-refractivity contribution in [1.29, 1.82) is 0 Å². The Morgan fingerprint density at radius 2 is 2.29 bits per heavy atom. The lowest BCUT2D eigenvalue weighted by Crippen LogP contribution is -1.98. The summed E-state index contributed by atoms with van der Waals surface area (Å²) >= 11 is 3.43. The fraction of sp³-hybridized carbons (Fsp3) is 0.455. The molecule has 1 aromatic rings. The lowest BCUT2D eigenvalue weighted by molar-refractivity contribution is 0.167. The van der Waals surface area contributed by atoms with E-state index < -0.39 is 0 Å². The first kappa shape index (κ1) is 9.99. The van der Waals surface area contributed by atoms with Crippen molar-refractivity contribution in [3.05, 3.63) is 27.7 Å². The van der Waals surface area contributed by atoms with Crippen LogP contribution in [0.5, 0.6) is 5.75 Å². The van der Waals surface area contributed by atoms with Gasteiger partial charge in [0.2, 0.25) is 0 Å². The molecule has 3 heteroatoms. The standard InChI is InChI=1S/C11H13BrO2/c1-7-5-8(12)6-9-10(13)3-2-4-14-11(7)9/h5-6,10,13H,2-4H2,1H3. The molecule has 0 amide bonds. The van der Waals surface area contributed by atoms with Gasteiger partial charge in [0, 0.05) is 10.0 Å². The van der Waals surface area contributed by atoms with Gasteiger partial charge >= 0.3 is 0 Å². The third kappa shape index (κ3) is 1.79. The molecule has 0 spiro atoms. The van der Waals surface area contributed by atoms with E-state index in [0.29, 0.717) is 6.61 Å². The maximum Gasteiger partial charge on any atom is 0.128 e. The average Bonchev–Trinajstić information content (AvgIpc) is 2.29. The number of aryl methyl sites for hydroxylation is 1. The summed E-state index contributed by atoms with van der Waals surface area (Å²) in [5, 5.41) is 9.89. The van der Waals surface area contributed by atoms with Crippen molar-refractivity contribution in [2.75, 3.05) is 6.61 Å². The predicted octanol–water partition coefficient (Wildman–Crippen LogP) is 2.96. The molecule has 1 aliphatic heterocycles. The topological polar surface area (TPSA) is 29.5 Å². The second-order valence-corrected chi connectivity index (χ2v) is 4.56. The van der Waals surface area contributed by atoms with Crippen LogP contribution in [0.4, 0.5) is 0 Å². The molecule has 0 saturated carbocycles. The molecule has 1 heterocycles. The first-order valence-electron chi connectivity index (χ1n) is 4.79. The molecule has 14 heavy (non-hydrogen) atoms. The van der Waals surface area contributed by atoms with E-state index >= 15 is 0 Å². The largest absolute Gasteiger partial charge is 0.493 e. The highest BCUT2D eigenvalue weighted by molar-refractivity contribution is 9.10. The second kappa shape index (κ2) is 3.91. The summed E-state index contributed by atoms with van der Waals surface area (Å²) in [7, 11) is 0. The van der Waals surface area contributed by atoms with E-state index in [1.54, 1.807) is 0 Å². The maximum absolute atomic E-state index is 9.89. The van der Waals surface area contributed by atoms with Crippen LogP contribution in [0.2, 0.25) is 0 Å². The Labute approximate surface area is 92.0 Å². The van der Waals surface area contributed by atoms with Crippen molar-refractivity contribution in [2.24, 2.45) is 0 Å². The number of ether oxygens (including phenoxy) is 1. The van der Waals surface area contributed by atoms with Gasteiger partial charge in [-0.05, 0) is 37.5 Å². The Balaban J connectivity index is 2.53. The van der Waals surface area contributed by atoms with Gasteiger partial charge in [-0.1, -0.05) is 15.9 Å². The normalized spacial score (nSPS) is 20.9. The number of hydrogen-bond donors (Lipinski definition) is 1. The van der Waals surface area contributed by atoms with Gasteiger partial charge < -0.3 is 9.84 Å². The fourth-order valence-electron chi connectivity index (χ4n) is 1.81. The van der Waals surface area contributed by atoms with Crippen molar-refractivity contribution >= 4 is 15.9 Å². The van der Waals surface area contributed by atoms with Gasteiger partial charge in [0.1, 0.15) is 5.75 Å². The van der Waals surface area contributed by atoms with Crippen LogP contribution in [-0.4, -0.2) is 11.7 Å². The fourth-order valence-corrected chi connectivity index (χ4v) is 2.40. The summed E-state index contributed by atoms with van der Waals surface area (Å²) in [4.78, 5) is 0. The maximum atomic E-state index is 9.89. The van der Waals surface area contributed by atoms with Gasteiger partial charge in [-0.2, -0.15) is 0 Å². The molecule has 1 unspecified atom stereocenters. The zero-order chi connectivity index (χ0) is 10.1. The number of rotatable bonds is 0. The highest BCUT2D eigenvalue weighted by Crippen LogP contribution is 2.36. The monoisotopic (exact) mass is 256 g/mol. The zero-order valence-electron chi connectivity index (χ0n) is 8.09. The third-order valence-electron chi connectivity index (χ3n) is 2.50. The molecule has 0 radical (unpaired) electrons. The number of benzene rings is 1. The number of fused-ring (bicyclic) bond motifs is 1. The number of aliphatic hydroxyl groups is 1. The molecule has 1 N–H and O–H groups in total. The summed E-state index contributed by atoms with van der Waals surface area (Å²) in [6, 6.07) is 3.95. The number of aliphatic hydroxyl groups excluding tert-OH is 1. The molecule has 1 atom stereocenters. The van der Waals surface area contributed by atoms with Gasteiger partial charge in [0.05, 0.1) is 12.7 Å². The number of hydrogen-bond acceptors (Lipinski definition) is 2. The minimum Gasteiger partial charge on any atom is -0.493 e. The Morgan fingerprint density at radius 1 is 1.50 bits per heavy atom. The van der Waals surface area contributed by atoms with Crippen molar-refractivity contribution in [2.45, 2.75) is 25.9 Å². The van der Waals surface area contributed by atoms with Crippen LogP contribution in [0.15, 0.2) is 16.6 Å². The molecule has 1 aliphatic rings. The molecule has 0 aliphatic carbocycles. The van der Waals surface area contributed by atoms with Gasteiger partial charge in [-0.15, -0.1) is 0 Å². The molecule has 0 aromatic heterocycles. The smallest absolute Gasteiger partial charge is 0.128 e. The summed E-state index contributed by atoms with van der Waals surface area (Å²) in [6.45, 7) is 2.70. The van der Waals surface area contributed by atoms with E-state index in [1.165, 1.54) is 0 Å². The summed E-state index contributed by atoms with van der Waals surface area (Å²) in [5.74, 6) is 0.859. The summed E-state index contributed by atoms with van der Waals surface area (Å²) in [5.41, 5.74) is 1.99. The molecule has 0 bridgehead atoms. The lowest BCUT2D eigenvalue weighted by Gasteiger charge is -2.13. The Bertz CT molecular complexity index is 349. The van der Waals surface area contributed by atoms with Crippen LogP contribution in [0.3, 0.4) is 0 Å². The van der Waals surface area contributed by atoms with Crippen molar-refractivity contribution in [3.63, 3.8) is 0 Å². The van der Waals surface area contributed by atoms with E-state index in [1.807, 2.05) is 19.1 Å². The second-order valence-electron chi connectivity index (χ2n) is 3.65. The highest BCUT2D eigenvalue weighted by Gasteiger charge is 2.19. The van der Waals surface area contributed by atoms with E-state index in [9.17, 15) is 5.11 Å². The first-order chi connectivity index (χ1) is 6.68. The quantitative estimate of drug-likeness (QED) is 0.774. The summed E-state index contributed by atoms with van der Waals surface area (Å²) in [6.07, 6.45) is 1.30. The molecule has 0 saturated heterocycles. The van der Waals surface area contributed by atoms with E-state index in [2.05, 4.69) is 15.9 Å². The predicted molar refractivity (Wildman–Crippen MR) is 58.6 cm³/mol. The molecule has 0 fully saturated rings. The molecule has 2 rings (SSSR count). The van der Waals surface area contributed by atoms with Crippen LogP contribution in [-0.2, 0) is 0 Å². The van der Waals surface area contributed by atoms with Crippen LogP contribution >= 0.6 is 15.9 Å². The van der Waals surface area contributed by atoms with Gasteiger partial charge in [-0.25, -0.2) is 0 Å². The SMILES string of the molecule is Cc1cc(Br)cc2c1OCCCC2O. The molecule has 2 nitrogen and oxygen atoms in total. The molecular weight excluding hydrogens is 244 g/mol. The minimum absolute atomic E-state index is 0.385. The van der Waals surface area contributed by atoms with Crippen molar-refractivity contribution in [1.82, 2.24) is 0 Å². The molecule has 1 aromatic carbocycles. The van der Waals surface area contributed by atoms with Crippen LogP contribution in [0, 0.1) is 6.92 Å². The zero-order valence-corrected chi connectivity index (χ0v) is 9.67. The van der Waals surface area contributed by atoms with Crippen molar-refractivity contribution in [3.8, 4) is 5.75 Å². The Hall–Kier alpha value is -0.540.